The van der Waals surface area contributed by atoms with Crippen molar-refractivity contribution in [2.45, 2.75) is 39.5 Å². The molecule has 0 spiro atoms. The third kappa shape index (κ3) is 5.19. The summed E-state index contributed by atoms with van der Waals surface area (Å²) in [6, 6.07) is 5.80. The van der Waals surface area contributed by atoms with Crippen LogP contribution < -0.4 is 4.74 Å². The summed E-state index contributed by atoms with van der Waals surface area (Å²) in [4.78, 5) is 22.2. The van der Waals surface area contributed by atoms with Gasteiger partial charge in [-0.1, -0.05) is 45.9 Å². The Kier molecular flexibility index (Phi) is 6.37. The minimum absolute atomic E-state index is 0.214. The van der Waals surface area contributed by atoms with Crippen molar-refractivity contribution >= 4 is 11.9 Å². The summed E-state index contributed by atoms with van der Waals surface area (Å²) in [5, 5.41) is 8.47. The van der Waals surface area contributed by atoms with Gasteiger partial charge >= 0.3 is 11.9 Å². The van der Waals surface area contributed by atoms with Crippen molar-refractivity contribution in [2.24, 2.45) is 0 Å². The predicted octanol–water partition coefficient (Wildman–Crippen LogP) is 2.94. The van der Waals surface area contributed by atoms with Gasteiger partial charge in [-0.2, -0.15) is 0 Å². The van der Waals surface area contributed by atoms with Crippen molar-refractivity contribution in [3.05, 3.63) is 29.3 Å². The molecule has 5 nitrogen and oxygen atoms in total. The van der Waals surface area contributed by atoms with Gasteiger partial charge < -0.3 is 14.6 Å². The molecule has 0 radical (unpaired) electrons. The number of ether oxygens (including phenoxy) is 2. The summed E-state index contributed by atoms with van der Waals surface area (Å²) in [6.07, 6.45) is 0. The van der Waals surface area contributed by atoms with Crippen molar-refractivity contribution in [2.75, 3.05) is 13.2 Å². The Bertz CT molecular complexity index is 479. The van der Waals surface area contributed by atoms with Gasteiger partial charge in [0.15, 0.2) is 0 Å². The lowest BCUT2D eigenvalue weighted by atomic mass is 9.94. The standard InChI is InChI=1S/C16H22O5/c1-10(2)12-6-5-7-13(11(3)4)16(12)21-15(19)9-20-8-14(17)18/h5-7,10-11H,8-9H2,1-4H3,(H,17,18). The van der Waals surface area contributed by atoms with Crippen molar-refractivity contribution in [3.63, 3.8) is 0 Å². The molecule has 0 amide bonds. The number of carboxylic acid groups (broad SMARTS) is 1. The van der Waals surface area contributed by atoms with E-state index in [0.717, 1.165) is 11.1 Å². The van der Waals surface area contributed by atoms with E-state index >= 15 is 0 Å². The first-order chi connectivity index (χ1) is 9.82. The fourth-order valence-electron chi connectivity index (χ4n) is 1.97. The topological polar surface area (TPSA) is 72.8 Å². The van der Waals surface area contributed by atoms with Crippen LogP contribution in [0.4, 0.5) is 0 Å². The van der Waals surface area contributed by atoms with Gasteiger partial charge in [-0.15, -0.1) is 0 Å². The fourth-order valence-corrected chi connectivity index (χ4v) is 1.97. The number of esters is 1. The lowest BCUT2D eigenvalue weighted by Crippen LogP contribution is -2.20. The number of aliphatic carboxylic acids is 1. The molecular formula is C16H22O5. The first-order valence-electron chi connectivity index (χ1n) is 6.96. The van der Waals surface area contributed by atoms with Crippen LogP contribution in [0.2, 0.25) is 0 Å². The summed E-state index contributed by atoms with van der Waals surface area (Å²) in [6.45, 7) is 7.21. The molecule has 1 aromatic carbocycles. The third-order valence-electron chi connectivity index (χ3n) is 2.98. The Morgan fingerprint density at radius 3 is 2.00 bits per heavy atom. The van der Waals surface area contributed by atoms with Gasteiger partial charge in [0, 0.05) is 0 Å². The second kappa shape index (κ2) is 7.78. The van der Waals surface area contributed by atoms with E-state index in [4.69, 9.17) is 14.6 Å². The van der Waals surface area contributed by atoms with E-state index in [1.165, 1.54) is 0 Å². The Labute approximate surface area is 124 Å². The molecule has 0 fully saturated rings. The lowest BCUT2D eigenvalue weighted by Gasteiger charge is -2.18. The van der Waals surface area contributed by atoms with Crippen molar-refractivity contribution < 1.29 is 24.2 Å². The molecular weight excluding hydrogens is 272 g/mol. The lowest BCUT2D eigenvalue weighted by molar-refractivity contribution is -0.147. The molecule has 21 heavy (non-hydrogen) atoms. The maximum atomic E-state index is 11.8. The summed E-state index contributed by atoms with van der Waals surface area (Å²) < 4.78 is 10.2. The molecule has 0 aromatic heterocycles. The van der Waals surface area contributed by atoms with Gasteiger partial charge in [-0.3, -0.25) is 0 Å². The number of carbonyl (C=O) groups is 2. The normalized spacial score (nSPS) is 11.0. The van der Waals surface area contributed by atoms with Crippen LogP contribution in [0, 0.1) is 0 Å². The van der Waals surface area contributed by atoms with Gasteiger partial charge in [0.1, 0.15) is 19.0 Å². The minimum Gasteiger partial charge on any atom is -0.480 e. The van der Waals surface area contributed by atoms with Gasteiger partial charge in [-0.05, 0) is 23.0 Å². The van der Waals surface area contributed by atoms with Crippen LogP contribution in [0.5, 0.6) is 5.75 Å². The molecule has 0 unspecified atom stereocenters. The first-order valence-corrected chi connectivity index (χ1v) is 6.96. The molecule has 116 valence electrons. The SMILES string of the molecule is CC(C)c1cccc(C(C)C)c1OC(=O)COCC(=O)O. The molecule has 1 N–H and O–H groups in total. The zero-order valence-electron chi connectivity index (χ0n) is 12.9. The van der Waals surface area contributed by atoms with Crippen LogP contribution in [0.3, 0.4) is 0 Å². The van der Waals surface area contributed by atoms with Crippen LogP contribution in [0.1, 0.15) is 50.7 Å². The molecule has 1 aromatic rings. The van der Waals surface area contributed by atoms with E-state index in [1.807, 2.05) is 45.9 Å². The van der Waals surface area contributed by atoms with E-state index in [1.54, 1.807) is 0 Å². The zero-order chi connectivity index (χ0) is 16.0. The number of hydrogen-bond donors (Lipinski definition) is 1. The summed E-state index contributed by atoms with van der Waals surface area (Å²) in [5.74, 6) is -0.719. The molecule has 0 atom stereocenters. The molecule has 0 saturated carbocycles. The summed E-state index contributed by atoms with van der Waals surface area (Å²) in [5.41, 5.74) is 1.90. The van der Waals surface area contributed by atoms with E-state index in [0.29, 0.717) is 5.75 Å². The van der Waals surface area contributed by atoms with Crippen LogP contribution >= 0.6 is 0 Å². The molecule has 1 rings (SSSR count). The van der Waals surface area contributed by atoms with E-state index in [2.05, 4.69) is 0 Å². The van der Waals surface area contributed by atoms with Crippen LogP contribution in [-0.2, 0) is 14.3 Å². The highest BCUT2D eigenvalue weighted by Gasteiger charge is 2.18. The number of carbonyl (C=O) groups excluding carboxylic acids is 1. The largest absolute Gasteiger partial charge is 0.480 e. The van der Waals surface area contributed by atoms with E-state index in [9.17, 15) is 9.59 Å². The Hall–Kier alpha value is -1.88. The molecule has 0 aliphatic heterocycles. The number of carboxylic acids is 1. The Morgan fingerprint density at radius 2 is 1.57 bits per heavy atom. The van der Waals surface area contributed by atoms with Crippen molar-refractivity contribution in [1.29, 1.82) is 0 Å². The van der Waals surface area contributed by atoms with E-state index in [-0.39, 0.29) is 18.4 Å². The Morgan fingerprint density at radius 1 is 1.05 bits per heavy atom. The monoisotopic (exact) mass is 294 g/mol. The summed E-state index contributed by atoms with van der Waals surface area (Å²) in [7, 11) is 0. The minimum atomic E-state index is -1.12. The molecule has 0 saturated heterocycles. The fraction of sp³-hybridized carbons (Fsp3) is 0.500. The van der Waals surface area contributed by atoms with Gasteiger partial charge in [0.2, 0.25) is 0 Å². The number of para-hydroxylation sites is 1. The predicted molar refractivity (Wildman–Crippen MR) is 78.7 cm³/mol. The zero-order valence-corrected chi connectivity index (χ0v) is 12.9. The quantitative estimate of drug-likeness (QED) is 0.618. The Balaban J connectivity index is 2.89. The third-order valence-corrected chi connectivity index (χ3v) is 2.98. The van der Waals surface area contributed by atoms with Crippen LogP contribution in [0.15, 0.2) is 18.2 Å². The van der Waals surface area contributed by atoms with Crippen molar-refractivity contribution in [1.82, 2.24) is 0 Å². The molecule has 0 aliphatic rings. The maximum absolute atomic E-state index is 11.8. The summed E-state index contributed by atoms with van der Waals surface area (Å²) >= 11 is 0. The highest BCUT2D eigenvalue weighted by molar-refractivity contribution is 5.75. The molecule has 5 heteroatoms. The maximum Gasteiger partial charge on any atom is 0.337 e. The van der Waals surface area contributed by atoms with Gasteiger partial charge in [-0.25, -0.2) is 9.59 Å². The van der Waals surface area contributed by atoms with Gasteiger partial charge in [0.25, 0.3) is 0 Å². The number of rotatable bonds is 7. The first kappa shape index (κ1) is 17.2. The van der Waals surface area contributed by atoms with E-state index < -0.39 is 18.5 Å². The average molecular weight is 294 g/mol. The second-order valence-corrected chi connectivity index (χ2v) is 5.44. The molecule has 0 heterocycles. The molecule has 0 aliphatic carbocycles. The molecule has 0 bridgehead atoms. The highest BCUT2D eigenvalue weighted by atomic mass is 16.6. The van der Waals surface area contributed by atoms with Crippen molar-refractivity contribution in [3.8, 4) is 5.75 Å². The number of benzene rings is 1. The number of hydrogen-bond acceptors (Lipinski definition) is 4. The van der Waals surface area contributed by atoms with Crippen LogP contribution in [-0.4, -0.2) is 30.3 Å². The van der Waals surface area contributed by atoms with Crippen LogP contribution in [0.25, 0.3) is 0 Å². The van der Waals surface area contributed by atoms with Gasteiger partial charge in [0.05, 0.1) is 0 Å². The smallest absolute Gasteiger partial charge is 0.337 e. The highest BCUT2D eigenvalue weighted by Crippen LogP contribution is 2.34. The second-order valence-electron chi connectivity index (χ2n) is 5.44. The average Bonchev–Trinajstić information content (AvgIpc) is 2.37.